The first kappa shape index (κ1) is 24.1. The maximum Gasteiger partial charge on any atom is 0.248 e. The van der Waals surface area contributed by atoms with Gasteiger partial charge >= 0.3 is 0 Å². The number of ether oxygens (including phenoxy) is 1. The van der Waals surface area contributed by atoms with Crippen LogP contribution in [0.25, 0.3) is 10.9 Å². The van der Waals surface area contributed by atoms with Crippen molar-refractivity contribution in [3.63, 3.8) is 0 Å². The van der Waals surface area contributed by atoms with Crippen molar-refractivity contribution in [3.8, 4) is 11.8 Å². The second kappa shape index (κ2) is 10.8. The number of likely N-dealkylation sites (N-methyl/N-ethyl adjacent to an activating group) is 1. The van der Waals surface area contributed by atoms with Crippen LogP contribution >= 0.6 is 11.6 Å². The van der Waals surface area contributed by atoms with Crippen LogP contribution in [0.4, 0.5) is 17.1 Å². The molecule has 0 spiro atoms. The number of aromatic nitrogens is 1. The second-order valence-electron chi connectivity index (χ2n) is 7.70. The van der Waals surface area contributed by atoms with Crippen molar-refractivity contribution < 1.29 is 9.53 Å². The normalized spacial score (nSPS) is 11.1. The van der Waals surface area contributed by atoms with Crippen LogP contribution in [-0.2, 0) is 4.79 Å². The molecule has 0 saturated carbocycles. The maximum absolute atomic E-state index is 12.5. The molecule has 3 rings (SSSR count). The van der Waals surface area contributed by atoms with E-state index < -0.39 is 0 Å². The number of nitrogens with one attached hydrogen (secondary N) is 2. The van der Waals surface area contributed by atoms with Gasteiger partial charge in [-0.1, -0.05) is 23.7 Å². The molecule has 170 valence electrons. The summed E-state index contributed by atoms with van der Waals surface area (Å²) < 4.78 is 5.74. The minimum atomic E-state index is -0.277. The number of benzene rings is 2. The minimum absolute atomic E-state index is 0.277. The van der Waals surface area contributed by atoms with Crippen LogP contribution in [0.5, 0.6) is 5.75 Å². The summed E-state index contributed by atoms with van der Waals surface area (Å²) in [5, 5.41) is 17.1. The summed E-state index contributed by atoms with van der Waals surface area (Å²) in [4.78, 5) is 18.9. The first-order valence-corrected chi connectivity index (χ1v) is 10.8. The van der Waals surface area contributed by atoms with E-state index in [-0.39, 0.29) is 5.91 Å². The molecule has 0 aliphatic rings. The quantitative estimate of drug-likeness (QED) is 0.442. The van der Waals surface area contributed by atoms with Crippen molar-refractivity contribution >= 4 is 45.5 Å². The monoisotopic (exact) mass is 463 g/mol. The zero-order chi connectivity index (χ0) is 24.0. The number of nitriles is 1. The topological polar surface area (TPSA) is 90.3 Å². The molecular formula is C25H26ClN5O2. The van der Waals surface area contributed by atoms with Gasteiger partial charge in [-0.2, -0.15) is 5.26 Å². The number of hydrogen-bond acceptors (Lipinski definition) is 6. The summed E-state index contributed by atoms with van der Waals surface area (Å²) >= 11 is 6.28. The van der Waals surface area contributed by atoms with E-state index in [0.717, 1.165) is 11.3 Å². The molecular weight excluding hydrogens is 438 g/mol. The van der Waals surface area contributed by atoms with Crippen molar-refractivity contribution in [1.82, 2.24) is 9.88 Å². The van der Waals surface area contributed by atoms with E-state index in [1.165, 1.54) is 12.3 Å². The van der Waals surface area contributed by atoms with Crippen molar-refractivity contribution in [3.05, 3.63) is 64.8 Å². The molecule has 0 radical (unpaired) electrons. The number of fused-ring (bicyclic) bond motifs is 1. The standard InChI is InChI=1S/C25H26ClN5O2/c1-5-33-23-13-21-19(12-22(23)30-24(32)7-6-10-31(3)4)25(17(14-27)15-28-21)29-18-9-8-16(2)20(26)11-18/h6-9,11-13,15H,5,10H2,1-4H3,(H,28,29)(H,30,32)/b7-6+. The van der Waals surface area contributed by atoms with Gasteiger partial charge in [-0.05, 0) is 51.7 Å². The number of halogens is 1. The fourth-order valence-electron chi connectivity index (χ4n) is 3.17. The van der Waals surface area contributed by atoms with E-state index in [0.29, 0.717) is 51.8 Å². The molecule has 1 amide bonds. The second-order valence-corrected chi connectivity index (χ2v) is 8.11. The molecule has 0 bridgehead atoms. The molecule has 0 saturated heterocycles. The molecule has 0 aliphatic carbocycles. The number of nitrogens with zero attached hydrogens (tertiary/aromatic N) is 3. The molecule has 8 heteroatoms. The van der Waals surface area contributed by atoms with Crippen LogP contribution in [0, 0.1) is 18.3 Å². The van der Waals surface area contributed by atoms with E-state index >= 15 is 0 Å². The molecule has 7 nitrogen and oxygen atoms in total. The summed E-state index contributed by atoms with van der Waals surface area (Å²) in [6, 6.07) is 11.3. The van der Waals surface area contributed by atoms with Crippen molar-refractivity contribution in [2.24, 2.45) is 0 Å². The van der Waals surface area contributed by atoms with E-state index in [2.05, 4.69) is 21.7 Å². The average molecular weight is 464 g/mol. The lowest BCUT2D eigenvalue weighted by Crippen LogP contribution is -2.13. The highest BCUT2D eigenvalue weighted by Gasteiger charge is 2.15. The minimum Gasteiger partial charge on any atom is -0.492 e. The summed E-state index contributed by atoms with van der Waals surface area (Å²) in [6.45, 7) is 4.86. The molecule has 3 aromatic rings. The molecule has 33 heavy (non-hydrogen) atoms. The Hall–Kier alpha value is -3.60. The first-order chi connectivity index (χ1) is 15.8. The van der Waals surface area contributed by atoms with Crippen LogP contribution in [-0.4, -0.2) is 43.0 Å². The van der Waals surface area contributed by atoms with Gasteiger partial charge in [0.1, 0.15) is 11.8 Å². The third kappa shape index (κ3) is 6.01. The molecule has 1 heterocycles. The van der Waals surface area contributed by atoms with Gasteiger partial charge in [0.15, 0.2) is 0 Å². The van der Waals surface area contributed by atoms with Crippen LogP contribution in [0.15, 0.2) is 48.7 Å². The first-order valence-electron chi connectivity index (χ1n) is 10.5. The lowest BCUT2D eigenvalue weighted by atomic mass is 10.1. The number of rotatable bonds is 8. The summed E-state index contributed by atoms with van der Waals surface area (Å²) in [5.74, 6) is 0.224. The van der Waals surface area contributed by atoms with E-state index in [9.17, 15) is 10.1 Å². The summed E-state index contributed by atoms with van der Waals surface area (Å²) in [7, 11) is 3.85. The van der Waals surface area contributed by atoms with Gasteiger partial charge in [0, 0.05) is 41.0 Å². The van der Waals surface area contributed by atoms with E-state index in [4.69, 9.17) is 16.3 Å². The highest BCUT2D eigenvalue weighted by molar-refractivity contribution is 6.31. The molecule has 0 atom stereocenters. The molecule has 0 unspecified atom stereocenters. The largest absolute Gasteiger partial charge is 0.492 e. The molecule has 2 aromatic carbocycles. The van der Waals surface area contributed by atoms with Gasteiger partial charge in [0.05, 0.1) is 29.1 Å². The van der Waals surface area contributed by atoms with Crippen LogP contribution < -0.4 is 15.4 Å². The van der Waals surface area contributed by atoms with E-state index in [1.807, 2.05) is 45.0 Å². The summed E-state index contributed by atoms with van der Waals surface area (Å²) in [5.41, 5.74) is 3.75. The Morgan fingerprint density at radius 3 is 2.76 bits per heavy atom. The fourth-order valence-corrected chi connectivity index (χ4v) is 3.35. The van der Waals surface area contributed by atoms with Crippen molar-refractivity contribution in [2.75, 3.05) is 37.9 Å². The van der Waals surface area contributed by atoms with E-state index in [1.54, 1.807) is 24.3 Å². The predicted octanol–water partition coefficient (Wildman–Crippen LogP) is 5.27. The Morgan fingerprint density at radius 2 is 2.09 bits per heavy atom. The van der Waals surface area contributed by atoms with Gasteiger partial charge < -0.3 is 20.3 Å². The fraction of sp³-hybridized carbons (Fsp3) is 0.240. The number of carbonyl (C=O) groups excluding carboxylic acids is 1. The predicted molar refractivity (Wildman–Crippen MR) is 133 cm³/mol. The van der Waals surface area contributed by atoms with Gasteiger partial charge in [-0.3, -0.25) is 9.78 Å². The lowest BCUT2D eigenvalue weighted by Gasteiger charge is -2.16. The number of amides is 1. The smallest absolute Gasteiger partial charge is 0.248 e. The Balaban J connectivity index is 2.07. The third-order valence-electron chi connectivity index (χ3n) is 4.83. The average Bonchev–Trinajstić information content (AvgIpc) is 2.77. The highest BCUT2D eigenvalue weighted by atomic mass is 35.5. The molecule has 0 aliphatic heterocycles. The summed E-state index contributed by atoms with van der Waals surface area (Å²) in [6.07, 6.45) is 4.77. The SMILES string of the molecule is CCOc1cc2ncc(C#N)c(Nc3ccc(C)c(Cl)c3)c2cc1NC(=O)/C=C/CN(C)C. The number of carbonyl (C=O) groups is 1. The van der Waals surface area contributed by atoms with Gasteiger partial charge in [-0.15, -0.1) is 0 Å². The Morgan fingerprint density at radius 1 is 1.30 bits per heavy atom. The van der Waals surface area contributed by atoms with Gasteiger partial charge in [0.2, 0.25) is 5.91 Å². The molecule has 1 aromatic heterocycles. The Bertz CT molecular complexity index is 1250. The number of hydrogen-bond donors (Lipinski definition) is 2. The number of anilines is 3. The third-order valence-corrected chi connectivity index (χ3v) is 5.24. The van der Waals surface area contributed by atoms with Crippen LogP contribution in [0.3, 0.4) is 0 Å². The van der Waals surface area contributed by atoms with Crippen LogP contribution in [0.1, 0.15) is 18.1 Å². The lowest BCUT2D eigenvalue weighted by molar-refractivity contribution is -0.111. The Kier molecular flexibility index (Phi) is 7.88. The van der Waals surface area contributed by atoms with Crippen molar-refractivity contribution in [2.45, 2.75) is 13.8 Å². The van der Waals surface area contributed by atoms with Gasteiger partial charge in [0.25, 0.3) is 0 Å². The number of pyridine rings is 1. The molecule has 2 N–H and O–H groups in total. The zero-order valence-electron chi connectivity index (χ0n) is 19.1. The van der Waals surface area contributed by atoms with Gasteiger partial charge in [-0.25, -0.2) is 0 Å². The Labute approximate surface area is 198 Å². The highest BCUT2D eigenvalue weighted by Crippen LogP contribution is 2.36. The molecule has 0 fully saturated rings. The number of aryl methyl sites for hydroxylation is 1. The van der Waals surface area contributed by atoms with Crippen LogP contribution in [0.2, 0.25) is 5.02 Å². The zero-order valence-corrected chi connectivity index (χ0v) is 19.8. The van der Waals surface area contributed by atoms with Crippen molar-refractivity contribution in [1.29, 1.82) is 5.26 Å². The maximum atomic E-state index is 12.5.